The summed E-state index contributed by atoms with van der Waals surface area (Å²) in [6, 6.07) is 11.0. The smallest absolute Gasteiger partial charge is 0.256 e. The van der Waals surface area contributed by atoms with E-state index in [1.165, 1.54) is 36.4 Å². The van der Waals surface area contributed by atoms with Gasteiger partial charge in [0.2, 0.25) is 9.84 Å². The number of rotatable bonds is 8. The number of methoxy groups -OCH3 is 1. The van der Waals surface area contributed by atoms with Crippen molar-refractivity contribution in [2.24, 2.45) is 0 Å². The van der Waals surface area contributed by atoms with Crippen molar-refractivity contribution in [1.82, 2.24) is 4.57 Å². The summed E-state index contributed by atoms with van der Waals surface area (Å²) in [6.07, 6.45) is 0.613. The Morgan fingerprint density at radius 2 is 1.84 bits per heavy atom. The topological polar surface area (TPSA) is 77.4 Å². The molecule has 3 aromatic rings. The molecule has 2 aromatic carbocycles. The van der Waals surface area contributed by atoms with Gasteiger partial charge in [-0.25, -0.2) is 12.8 Å². The molecule has 6 nitrogen and oxygen atoms in total. The van der Waals surface area contributed by atoms with E-state index in [0.717, 1.165) is 0 Å². The lowest BCUT2D eigenvalue weighted by molar-refractivity contribution is 0.102. The molecule has 0 saturated carbocycles. The first-order chi connectivity index (χ1) is 15.2. The van der Waals surface area contributed by atoms with E-state index in [2.05, 4.69) is 5.32 Å². The van der Waals surface area contributed by atoms with Crippen molar-refractivity contribution >= 4 is 33.2 Å². The van der Waals surface area contributed by atoms with Crippen molar-refractivity contribution in [2.45, 2.75) is 36.6 Å². The van der Waals surface area contributed by atoms with Crippen molar-refractivity contribution in [3.63, 3.8) is 0 Å². The maximum Gasteiger partial charge on any atom is 0.256 e. The molecule has 1 heterocycles. The van der Waals surface area contributed by atoms with Gasteiger partial charge in [-0.3, -0.25) is 4.79 Å². The van der Waals surface area contributed by atoms with E-state index < -0.39 is 21.6 Å². The van der Waals surface area contributed by atoms with E-state index in [-0.39, 0.29) is 26.2 Å². The molecule has 0 atom stereocenters. The Labute approximate surface area is 191 Å². The molecule has 3 rings (SSSR count). The van der Waals surface area contributed by atoms with Crippen LogP contribution >= 0.6 is 11.6 Å². The summed E-state index contributed by atoms with van der Waals surface area (Å²) in [6.45, 7) is 4.41. The van der Waals surface area contributed by atoms with Crippen molar-refractivity contribution in [1.29, 1.82) is 0 Å². The third-order valence-electron chi connectivity index (χ3n) is 5.22. The standard InChI is InChI=1S/C23H24ClFN2O4S/c1-15-16(2)27(12-5-13-31-3)22(26-23(28)17-8-10-19(25)11-9-17)21(15)32(29,30)20-7-4-6-18(24)14-20/h4,6-11,14H,5,12-13H2,1-3H3,(H,26,28). The fourth-order valence-electron chi connectivity index (χ4n) is 3.47. The van der Waals surface area contributed by atoms with Gasteiger partial charge >= 0.3 is 0 Å². The number of benzene rings is 2. The highest BCUT2D eigenvalue weighted by Crippen LogP contribution is 2.36. The van der Waals surface area contributed by atoms with E-state index in [1.807, 2.05) is 0 Å². The Morgan fingerprint density at radius 1 is 1.16 bits per heavy atom. The number of halogens is 2. The van der Waals surface area contributed by atoms with Crippen LogP contribution in [0.15, 0.2) is 58.3 Å². The second-order valence-corrected chi connectivity index (χ2v) is 9.63. The largest absolute Gasteiger partial charge is 0.385 e. The summed E-state index contributed by atoms with van der Waals surface area (Å²) in [7, 11) is -2.42. The third-order valence-corrected chi connectivity index (χ3v) is 7.36. The minimum absolute atomic E-state index is 0.00476. The number of carbonyl (C=O) groups excluding carboxylic acids is 1. The number of hydrogen-bond acceptors (Lipinski definition) is 4. The maximum atomic E-state index is 13.6. The van der Waals surface area contributed by atoms with Crippen molar-refractivity contribution in [3.05, 3.63) is 76.2 Å². The summed E-state index contributed by atoms with van der Waals surface area (Å²) in [5.41, 5.74) is 1.44. The normalized spacial score (nSPS) is 11.5. The number of nitrogens with one attached hydrogen (secondary N) is 1. The molecular formula is C23H24ClFN2O4S. The van der Waals surface area contributed by atoms with Crippen LogP contribution in [0, 0.1) is 19.7 Å². The summed E-state index contributed by atoms with van der Waals surface area (Å²) in [5, 5.41) is 3.03. The molecule has 0 saturated heterocycles. The van der Waals surface area contributed by atoms with E-state index in [0.29, 0.717) is 30.8 Å². The fraction of sp³-hybridized carbons (Fsp3) is 0.261. The lowest BCUT2D eigenvalue weighted by atomic mass is 10.2. The van der Waals surface area contributed by atoms with E-state index in [4.69, 9.17) is 16.3 Å². The predicted octanol–water partition coefficient (Wildman–Crippen LogP) is 5.02. The van der Waals surface area contributed by atoms with Gasteiger partial charge in [0.15, 0.2) is 0 Å². The third kappa shape index (κ3) is 4.87. The van der Waals surface area contributed by atoms with Gasteiger partial charge in [0.25, 0.3) is 5.91 Å². The molecule has 0 aliphatic carbocycles. The Morgan fingerprint density at radius 3 is 2.47 bits per heavy atom. The number of ether oxygens (including phenoxy) is 1. The van der Waals surface area contributed by atoms with Crippen LogP contribution < -0.4 is 5.32 Å². The van der Waals surface area contributed by atoms with Crippen LogP contribution in [0.2, 0.25) is 5.02 Å². The van der Waals surface area contributed by atoms with Gasteiger partial charge in [-0.15, -0.1) is 0 Å². The zero-order valence-electron chi connectivity index (χ0n) is 18.0. The summed E-state index contributed by atoms with van der Waals surface area (Å²) >= 11 is 6.03. The number of sulfone groups is 1. The number of amides is 1. The zero-order chi connectivity index (χ0) is 23.5. The summed E-state index contributed by atoms with van der Waals surface area (Å²) in [5.74, 6) is -0.858. The Bertz CT molecular complexity index is 1240. The SMILES string of the molecule is COCCCn1c(C)c(C)c(S(=O)(=O)c2cccc(Cl)c2)c1NC(=O)c1ccc(F)cc1. The molecule has 0 aliphatic rings. The van der Waals surface area contributed by atoms with Gasteiger partial charge in [0.1, 0.15) is 16.5 Å². The molecule has 0 radical (unpaired) electrons. The van der Waals surface area contributed by atoms with Gasteiger partial charge in [0, 0.05) is 36.5 Å². The van der Waals surface area contributed by atoms with Crippen molar-refractivity contribution in [3.8, 4) is 0 Å². The van der Waals surface area contributed by atoms with Crippen LogP contribution in [0.1, 0.15) is 28.0 Å². The molecule has 32 heavy (non-hydrogen) atoms. The average molecular weight is 479 g/mol. The second kappa shape index (κ2) is 9.85. The highest BCUT2D eigenvalue weighted by molar-refractivity contribution is 7.91. The van der Waals surface area contributed by atoms with Crippen molar-refractivity contribution < 1.29 is 22.3 Å². The maximum absolute atomic E-state index is 13.6. The molecule has 1 aromatic heterocycles. The zero-order valence-corrected chi connectivity index (χ0v) is 19.6. The molecule has 0 spiro atoms. The first-order valence-corrected chi connectivity index (χ1v) is 11.8. The van der Waals surface area contributed by atoms with Crippen LogP contribution in [-0.2, 0) is 21.1 Å². The molecular weight excluding hydrogens is 455 g/mol. The van der Waals surface area contributed by atoms with Gasteiger partial charge in [-0.1, -0.05) is 17.7 Å². The first kappa shape index (κ1) is 24.0. The molecule has 0 unspecified atom stereocenters. The van der Waals surface area contributed by atoms with Gasteiger partial charge in [-0.05, 0) is 68.3 Å². The van der Waals surface area contributed by atoms with Crippen molar-refractivity contribution in [2.75, 3.05) is 19.0 Å². The van der Waals surface area contributed by atoms with Gasteiger partial charge < -0.3 is 14.6 Å². The second-order valence-electron chi connectivity index (χ2n) is 7.31. The fourth-order valence-corrected chi connectivity index (χ4v) is 5.46. The molecule has 170 valence electrons. The van der Waals surface area contributed by atoms with Gasteiger partial charge in [-0.2, -0.15) is 0 Å². The molecule has 0 bridgehead atoms. The molecule has 1 N–H and O–H groups in total. The Kier molecular flexibility index (Phi) is 7.38. The minimum Gasteiger partial charge on any atom is -0.385 e. The van der Waals surface area contributed by atoms with E-state index in [1.54, 1.807) is 37.7 Å². The Hall–Kier alpha value is -2.68. The van der Waals surface area contributed by atoms with Crippen LogP contribution in [0.4, 0.5) is 10.2 Å². The molecule has 9 heteroatoms. The highest BCUT2D eigenvalue weighted by Gasteiger charge is 2.30. The lowest BCUT2D eigenvalue weighted by Crippen LogP contribution is -2.18. The summed E-state index contributed by atoms with van der Waals surface area (Å²) < 4.78 is 47.3. The molecule has 0 fully saturated rings. The highest BCUT2D eigenvalue weighted by atomic mass is 35.5. The Balaban J connectivity index is 2.14. The van der Waals surface area contributed by atoms with Gasteiger partial charge in [0.05, 0.1) is 4.90 Å². The molecule has 0 aliphatic heterocycles. The van der Waals surface area contributed by atoms with Crippen LogP contribution in [-0.4, -0.2) is 32.6 Å². The predicted molar refractivity (Wildman–Crippen MR) is 122 cm³/mol. The lowest BCUT2D eigenvalue weighted by Gasteiger charge is -2.15. The first-order valence-electron chi connectivity index (χ1n) is 9.93. The number of anilines is 1. The van der Waals surface area contributed by atoms with Crippen LogP contribution in [0.5, 0.6) is 0 Å². The van der Waals surface area contributed by atoms with Crippen LogP contribution in [0.25, 0.3) is 0 Å². The quantitative estimate of drug-likeness (QED) is 0.461. The number of aromatic nitrogens is 1. The minimum atomic E-state index is -4.00. The van der Waals surface area contributed by atoms with E-state index in [9.17, 15) is 17.6 Å². The van der Waals surface area contributed by atoms with E-state index >= 15 is 0 Å². The number of nitrogens with zero attached hydrogens (tertiary/aromatic N) is 1. The monoisotopic (exact) mass is 478 g/mol. The summed E-state index contributed by atoms with van der Waals surface area (Å²) in [4.78, 5) is 12.9. The molecule has 1 amide bonds. The average Bonchev–Trinajstić information content (AvgIpc) is 2.99. The van der Waals surface area contributed by atoms with Crippen LogP contribution in [0.3, 0.4) is 0 Å². The number of hydrogen-bond donors (Lipinski definition) is 1. The number of carbonyl (C=O) groups is 1.